The fourth-order valence-electron chi connectivity index (χ4n) is 4.12. The lowest BCUT2D eigenvalue weighted by Gasteiger charge is -2.20. The zero-order valence-corrected chi connectivity index (χ0v) is 19.6. The van der Waals surface area contributed by atoms with Gasteiger partial charge in [-0.1, -0.05) is 35.9 Å². The molecule has 174 valence electrons. The molecular formula is C26H27Cl2NO4. The van der Waals surface area contributed by atoms with Crippen LogP contribution in [0.2, 0.25) is 5.02 Å². The van der Waals surface area contributed by atoms with Gasteiger partial charge < -0.3 is 20.3 Å². The lowest BCUT2D eigenvalue weighted by atomic mass is 10.0. The van der Waals surface area contributed by atoms with E-state index in [2.05, 4.69) is 11.4 Å². The Morgan fingerprint density at radius 3 is 2.64 bits per heavy atom. The summed E-state index contributed by atoms with van der Waals surface area (Å²) < 4.78 is 5.94. The van der Waals surface area contributed by atoms with Gasteiger partial charge in [0.05, 0.1) is 11.7 Å². The van der Waals surface area contributed by atoms with Gasteiger partial charge in [0.1, 0.15) is 11.5 Å². The summed E-state index contributed by atoms with van der Waals surface area (Å²) in [7, 11) is 0. The molecular weight excluding hydrogens is 461 g/mol. The molecule has 0 saturated heterocycles. The van der Waals surface area contributed by atoms with Gasteiger partial charge in [-0.05, 0) is 84.8 Å². The topological polar surface area (TPSA) is 78.8 Å². The Balaban J connectivity index is 0.00000306. The summed E-state index contributed by atoms with van der Waals surface area (Å²) in [4.78, 5) is 11.2. The van der Waals surface area contributed by atoms with E-state index in [0.29, 0.717) is 23.1 Å². The van der Waals surface area contributed by atoms with Crippen LogP contribution in [0.4, 0.5) is 0 Å². The van der Waals surface area contributed by atoms with E-state index >= 15 is 0 Å². The Kier molecular flexibility index (Phi) is 8.75. The SMILES string of the molecule is Cl.O=C(O)c1cccc(Oc2ccc3c(c2)CC(NCC(O)c2cccc(Cl)c2)CCC3)c1. The molecule has 0 spiro atoms. The average molecular weight is 488 g/mol. The van der Waals surface area contributed by atoms with E-state index in [4.69, 9.17) is 16.3 Å². The maximum atomic E-state index is 11.2. The van der Waals surface area contributed by atoms with Crippen LogP contribution in [0.3, 0.4) is 0 Å². The summed E-state index contributed by atoms with van der Waals surface area (Å²) in [6.07, 6.45) is 3.31. The van der Waals surface area contributed by atoms with Crippen LogP contribution in [-0.4, -0.2) is 28.8 Å². The normalized spacial score (nSPS) is 16.1. The van der Waals surface area contributed by atoms with Gasteiger partial charge in [0, 0.05) is 17.6 Å². The summed E-state index contributed by atoms with van der Waals surface area (Å²) in [5.41, 5.74) is 3.51. The number of ether oxygens (including phenoxy) is 1. The second-order valence-corrected chi connectivity index (χ2v) is 8.57. The van der Waals surface area contributed by atoms with Gasteiger partial charge in [0.25, 0.3) is 0 Å². The van der Waals surface area contributed by atoms with Gasteiger partial charge in [0.15, 0.2) is 0 Å². The van der Waals surface area contributed by atoms with Crippen LogP contribution in [0.5, 0.6) is 11.5 Å². The zero-order chi connectivity index (χ0) is 22.5. The number of hydrogen-bond donors (Lipinski definition) is 3. The first kappa shape index (κ1) is 25.1. The number of benzene rings is 3. The van der Waals surface area contributed by atoms with Gasteiger partial charge >= 0.3 is 5.97 Å². The number of hydrogen-bond acceptors (Lipinski definition) is 4. The second-order valence-electron chi connectivity index (χ2n) is 8.14. The molecule has 0 heterocycles. The first-order valence-corrected chi connectivity index (χ1v) is 11.2. The third-order valence-electron chi connectivity index (χ3n) is 5.79. The first-order chi connectivity index (χ1) is 15.5. The Bertz CT molecular complexity index is 1110. The molecule has 0 fully saturated rings. The monoisotopic (exact) mass is 487 g/mol. The predicted molar refractivity (Wildman–Crippen MR) is 132 cm³/mol. The van der Waals surface area contributed by atoms with Crippen molar-refractivity contribution in [1.29, 1.82) is 0 Å². The van der Waals surface area contributed by atoms with Crippen LogP contribution >= 0.6 is 24.0 Å². The maximum absolute atomic E-state index is 11.2. The van der Waals surface area contributed by atoms with Crippen molar-refractivity contribution in [2.75, 3.05) is 6.54 Å². The number of aliphatic hydroxyl groups is 1. The summed E-state index contributed by atoms with van der Waals surface area (Å²) >= 11 is 6.04. The molecule has 1 aliphatic rings. The number of fused-ring (bicyclic) bond motifs is 1. The largest absolute Gasteiger partial charge is 0.478 e. The molecule has 0 aliphatic heterocycles. The Morgan fingerprint density at radius 1 is 1.06 bits per heavy atom. The molecule has 5 nitrogen and oxygen atoms in total. The highest BCUT2D eigenvalue weighted by Gasteiger charge is 2.19. The van der Waals surface area contributed by atoms with Crippen LogP contribution in [-0.2, 0) is 12.8 Å². The standard InChI is InChI=1S/C26H26ClNO4.ClH/c27-21-7-1-5-18(12-21)25(29)16-28-22-8-2-4-17-10-11-24(15-20(17)13-22)32-23-9-3-6-19(14-23)26(30)31;/h1,3,5-7,9-12,14-15,22,25,28-29H,2,4,8,13,16H2,(H,30,31);1H. The van der Waals surface area contributed by atoms with Crippen LogP contribution in [0.25, 0.3) is 0 Å². The molecule has 0 radical (unpaired) electrons. The third-order valence-corrected chi connectivity index (χ3v) is 6.03. The van der Waals surface area contributed by atoms with Crippen LogP contribution in [0, 0.1) is 0 Å². The molecule has 0 bridgehead atoms. The van der Waals surface area contributed by atoms with Crippen LogP contribution in [0.1, 0.15) is 46.0 Å². The van der Waals surface area contributed by atoms with Crippen molar-refractivity contribution in [1.82, 2.24) is 5.32 Å². The highest BCUT2D eigenvalue weighted by Crippen LogP contribution is 2.29. The molecule has 1 aliphatic carbocycles. The van der Waals surface area contributed by atoms with Gasteiger partial charge in [-0.3, -0.25) is 0 Å². The molecule has 2 atom stereocenters. The maximum Gasteiger partial charge on any atom is 0.335 e. The average Bonchev–Trinajstić information content (AvgIpc) is 2.99. The Hall–Kier alpha value is -2.57. The van der Waals surface area contributed by atoms with Crippen molar-refractivity contribution in [3.05, 3.63) is 94.0 Å². The van der Waals surface area contributed by atoms with Gasteiger partial charge in [-0.25, -0.2) is 4.79 Å². The minimum absolute atomic E-state index is 0. The zero-order valence-electron chi connectivity index (χ0n) is 18.0. The molecule has 2 unspecified atom stereocenters. The van der Waals surface area contributed by atoms with Crippen molar-refractivity contribution in [2.24, 2.45) is 0 Å². The second kappa shape index (κ2) is 11.5. The number of aryl methyl sites for hydroxylation is 1. The fourth-order valence-corrected chi connectivity index (χ4v) is 4.32. The molecule has 0 saturated carbocycles. The molecule has 3 N–H and O–H groups in total. The molecule has 3 aromatic rings. The quantitative estimate of drug-likeness (QED) is 0.365. The van der Waals surface area contributed by atoms with E-state index in [-0.39, 0.29) is 24.0 Å². The van der Waals surface area contributed by atoms with Crippen molar-refractivity contribution in [2.45, 2.75) is 37.8 Å². The molecule has 33 heavy (non-hydrogen) atoms. The van der Waals surface area contributed by atoms with Crippen LogP contribution in [0.15, 0.2) is 66.7 Å². The van der Waals surface area contributed by atoms with E-state index in [0.717, 1.165) is 31.2 Å². The minimum Gasteiger partial charge on any atom is -0.478 e. The smallest absolute Gasteiger partial charge is 0.335 e. The first-order valence-electron chi connectivity index (χ1n) is 10.8. The number of carboxylic acids is 1. The molecule has 7 heteroatoms. The number of aromatic carboxylic acids is 1. The van der Waals surface area contributed by atoms with E-state index in [1.54, 1.807) is 30.3 Å². The Labute approximate surface area is 204 Å². The highest BCUT2D eigenvalue weighted by molar-refractivity contribution is 6.30. The summed E-state index contributed by atoms with van der Waals surface area (Å²) in [5.74, 6) is 0.204. The highest BCUT2D eigenvalue weighted by atomic mass is 35.5. The van der Waals surface area contributed by atoms with E-state index < -0.39 is 12.1 Å². The minimum atomic E-state index is -0.980. The van der Waals surface area contributed by atoms with Crippen molar-refractivity contribution in [3.8, 4) is 11.5 Å². The van der Waals surface area contributed by atoms with Crippen molar-refractivity contribution >= 4 is 30.0 Å². The summed E-state index contributed by atoms with van der Waals surface area (Å²) in [5, 5.41) is 23.8. The van der Waals surface area contributed by atoms with Crippen molar-refractivity contribution in [3.63, 3.8) is 0 Å². The number of rotatable bonds is 7. The van der Waals surface area contributed by atoms with E-state index in [1.165, 1.54) is 17.2 Å². The molecule has 0 amide bonds. The number of aliphatic hydroxyl groups excluding tert-OH is 1. The number of nitrogens with one attached hydrogen (secondary N) is 1. The molecule has 4 rings (SSSR count). The van der Waals surface area contributed by atoms with Gasteiger partial charge in [-0.2, -0.15) is 0 Å². The van der Waals surface area contributed by atoms with Gasteiger partial charge in [0.2, 0.25) is 0 Å². The van der Waals surface area contributed by atoms with E-state index in [1.807, 2.05) is 24.3 Å². The summed E-state index contributed by atoms with van der Waals surface area (Å²) in [6, 6.07) is 20.1. The number of carbonyl (C=O) groups is 1. The van der Waals surface area contributed by atoms with Crippen molar-refractivity contribution < 1.29 is 19.7 Å². The lowest BCUT2D eigenvalue weighted by Crippen LogP contribution is -2.34. The fraction of sp³-hybridized carbons (Fsp3) is 0.269. The van der Waals surface area contributed by atoms with Gasteiger partial charge in [-0.15, -0.1) is 12.4 Å². The predicted octanol–water partition coefficient (Wildman–Crippen LogP) is 5.82. The Morgan fingerprint density at radius 2 is 1.85 bits per heavy atom. The lowest BCUT2D eigenvalue weighted by molar-refractivity contribution is 0.0696. The third kappa shape index (κ3) is 6.71. The number of carboxylic acid groups (broad SMARTS) is 1. The summed E-state index contributed by atoms with van der Waals surface area (Å²) in [6.45, 7) is 0.457. The number of halogens is 2. The van der Waals surface area contributed by atoms with E-state index in [9.17, 15) is 15.0 Å². The van der Waals surface area contributed by atoms with Crippen LogP contribution < -0.4 is 10.1 Å². The molecule has 0 aromatic heterocycles. The molecule has 3 aromatic carbocycles.